The van der Waals surface area contributed by atoms with Gasteiger partial charge in [0.15, 0.2) is 5.69 Å². The first-order valence-corrected chi connectivity index (χ1v) is 6.38. The van der Waals surface area contributed by atoms with Crippen LogP contribution in [0.5, 0.6) is 0 Å². The van der Waals surface area contributed by atoms with E-state index in [1.807, 2.05) is 0 Å². The Labute approximate surface area is 104 Å². The molecule has 0 saturated heterocycles. The van der Waals surface area contributed by atoms with Gasteiger partial charge in [-0.15, -0.1) is 0 Å². The smallest absolute Gasteiger partial charge is 0.197 e. The van der Waals surface area contributed by atoms with Gasteiger partial charge in [0.1, 0.15) is 7.05 Å². The second kappa shape index (κ2) is 4.47. The van der Waals surface area contributed by atoms with Gasteiger partial charge in [-0.3, -0.25) is 0 Å². The number of pyridine rings is 1. The van der Waals surface area contributed by atoms with Crippen LogP contribution in [0.4, 0.5) is 0 Å². The van der Waals surface area contributed by atoms with E-state index in [0.29, 0.717) is 0 Å². The molecule has 78 valence electrons. The van der Waals surface area contributed by atoms with E-state index in [1.165, 1.54) is 26.6 Å². The average Bonchev–Trinajstić information content (AvgIpc) is 2.24. The van der Waals surface area contributed by atoms with Gasteiger partial charge in [0.2, 0.25) is 5.52 Å². The van der Waals surface area contributed by atoms with Gasteiger partial charge in [-0.1, -0.05) is 19.1 Å². The Kier molecular flexibility index (Phi) is 3.24. The fourth-order valence-corrected chi connectivity index (χ4v) is 2.93. The molecule has 0 saturated carbocycles. The predicted molar refractivity (Wildman–Crippen MR) is 71.8 cm³/mol. The zero-order valence-electron chi connectivity index (χ0n) is 9.13. The van der Waals surface area contributed by atoms with E-state index in [2.05, 4.69) is 71.5 Å². The van der Waals surface area contributed by atoms with E-state index in [0.717, 1.165) is 6.42 Å². The molecule has 0 aliphatic heterocycles. The fourth-order valence-electron chi connectivity index (χ4n) is 1.96. The quantitative estimate of drug-likeness (QED) is 0.592. The van der Waals surface area contributed by atoms with E-state index in [4.69, 9.17) is 0 Å². The molecule has 0 unspecified atom stereocenters. The number of benzene rings is 1. The summed E-state index contributed by atoms with van der Waals surface area (Å²) >= 11 is 2.44. The van der Waals surface area contributed by atoms with Crippen molar-refractivity contribution in [2.45, 2.75) is 19.8 Å². The normalized spacial score (nSPS) is 10.9. The molecular weight excluding hydrogens is 297 g/mol. The van der Waals surface area contributed by atoms with Crippen LogP contribution in [0.15, 0.2) is 30.3 Å². The molecule has 0 aliphatic rings. The predicted octanol–water partition coefficient (Wildman–Crippen LogP) is 3.22. The molecule has 1 aromatic heterocycles. The van der Waals surface area contributed by atoms with E-state index < -0.39 is 0 Å². The van der Waals surface area contributed by atoms with Gasteiger partial charge < -0.3 is 0 Å². The lowest BCUT2D eigenvalue weighted by molar-refractivity contribution is -0.653. The van der Waals surface area contributed by atoms with Crippen LogP contribution in [0, 0.1) is 3.57 Å². The highest BCUT2D eigenvalue weighted by atomic mass is 127. The molecule has 0 spiro atoms. The van der Waals surface area contributed by atoms with Gasteiger partial charge in [0, 0.05) is 17.9 Å². The molecule has 0 N–H and O–H groups in total. The maximum Gasteiger partial charge on any atom is 0.212 e. The molecule has 0 fully saturated rings. The summed E-state index contributed by atoms with van der Waals surface area (Å²) in [7, 11) is 2.16. The minimum Gasteiger partial charge on any atom is -0.197 e. The van der Waals surface area contributed by atoms with Crippen molar-refractivity contribution in [2.24, 2.45) is 7.05 Å². The summed E-state index contributed by atoms with van der Waals surface area (Å²) in [6.45, 7) is 2.23. The first-order valence-electron chi connectivity index (χ1n) is 5.30. The number of fused-ring (bicyclic) bond motifs is 1. The summed E-state index contributed by atoms with van der Waals surface area (Å²) < 4.78 is 3.69. The highest BCUT2D eigenvalue weighted by Gasteiger charge is 2.14. The summed E-state index contributed by atoms with van der Waals surface area (Å²) in [5.41, 5.74) is 2.76. The summed E-state index contributed by atoms with van der Waals surface area (Å²) in [5, 5.41) is 1.32. The second-order valence-corrected chi connectivity index (χ2v) is 4.97. The van der Waals surface area contributed by atoms with Gasteiger partial charge >= 0.3 is 0 Å². The van der Waals surface area contributed by atoms with Crippen molar-refractivity contribution in [2.75, 3.05) is 0 Å². The first kappa shape index (κ1) is 10.9. The van der Waals surface area contributed by atoms with Crippen LogP contribution in [0.2, 0.25) is 0 Å². The Hall–Kier alpha value is -0.640. The summed E-state index contributed by atoms with van der Waals surface area (Å²) in [6, 6.07) is 10.8. The number of halogens is 1. The van der Waals surface area contributed by atoms with Crippen LogP contribution in [0.25, 0.3) is 10.9 Å². The number of hydrogen-bond acceptors (Lipinski definition) is 0. The van der Waals surface area contributed by atoms with Crippen LogP contribution in [-0.2, 0) is 13.5 Å². The van der Waals surface area contributed by atoms with Crippen molar-refractivity contribution in [1.29, 1.82) is 0 Å². The summed E-state index contributed by atoms with van der Waals surface area (Å²) in [6.07, 6.45) is 2.35. The average molecular weight is 312 g/mol. The molecule has 2 aromatic rings. The lowest BCUT2D eigenvalue weighted by Gasteiger charge is -2.04. The monoisotopic (exact) mass is 312 g/mol. The Morgan fingerprint density at radius 3 is 2.73 bits per heavy atom. The van der Waals surface area contributed by atoms with E-state index >= 15 is 0 Å². The second-order valence-electron chi connectivity index (χ2n) is 3.81. The maximum absolute atomic E-state index is 2.44. The molecular formula is C13H15IN+. The molecule has 0 bridgehead atoms. The largest absolute Gasteiger partial charge is 0.212 e. The Bertz CT molecular complexity index is 491. The van der Waals surface area contributed by atoms with Crippen molar-refractivity contribution in [3.8, 4) is 0 Å². The van der Waals surface area contributed by atoms with Gasteiger partial charge in [-0.25, -0.2) is 0 Å². The van der Waals surface area contributed by atoms with E-state index in [-0.39, 0.29) is 0 Å². The zero-order valence-corrected chi connectivity index (χ0v) is 11.3. The number of aromatic nitrogens is 1. The summed E-state index contributed by atoms with van der Waals surface area (Å²) in [4.78, 5) is 0. The van der Waals surface area contributed by atoms with E-state index in [9.17, 15) is 0 Å². The highest BCUT2D eigenvalue weighted by molar-refractivity contribution is 14.1. The van der Waals surface area contributed by atoms with Gasteiger partial charge in [0.05, 0.1) is 3.57 Å². The number of hydrogen-bond donors (Lipinski definition) is 0. The SMILES string of the molecule is CCCc1c(I)cc2ccccc2[n+]1C. The third-order valence-electron chi connectivity index (χ3n) is 2.75. The van der Waals surface area contributed by atoms with Gasteiger partial charge in [-0.2, -0.15) is 4.57 Å². The molecule has 2 rings (SSSR count). The molecule has 1 nitrogen and oxygen atoms in total. The molecule has 1 heterocycles. The molecule has 0 aliphatic carbocycles. The molecule has 1 aromatic carbocycles. The molecule has 15 heavy (non-hydrogen) atoms. The fraction of sp³-hybridized carbons (Fsp3) is 0.308. The minimum absolute atomic E-state index is 1.15. The lowest BCUT2D eigenvalue weighted by atomic mass is 10.1. The minimum atomic E-state index is 1.15. The molecule has 0 amide bonds. The number of nitrogens with zero attached hydrogens (tertiary/aromatic N) is 1. The van der Waals surface area contributed by atoms with Crippen molar-refractivity contribution >= 4 is 33.5 Å². The number of aryl methyl sites for hydroxylation is 1. The Morgan fingerprint density at radius 2 is 2.00 bits per heavy atom. The van der Waals surface area contributed by atoms with Crippen molar-refractivity contribution in [3.05, 3.63) is 39.6 Å². The van der Waals surface area contributed by atoms with Crippen LogP contribution in [-0.4, -0.2) is 0 Å². The topological polar surface area (TPSA) is 3.88 Å². The number of para-hydroxylation sites is 1. The first-order chi connectivity index (χ1) is 7.24. The highest BCUT2D eigenvalue weighted by Crippen LogP contribution is 2.17. The zero-order chi connectivity index (χ0) is 10.8. The molecule has 0 radical (unpaired) electrons. The Balaban J connectivity index is 2.72. The van der Waals surface area contributed by atoms with Crippen LogP contribution < -0.4 is 4.57 Å². The maximum atomic E-state index is 2.44. The van der Waals surface area contributed by atoms with Gasteiger partial charge in [0.25, 0.3) is 0 Å². The molecule has 2 heteroatoms. The van der Waals surface area contributed by atoms with Crippen LogP contribution >= 0.6 is 22.6 Å². The molecule has 0 atom stereocenters. The van der Waals surface area contributed by atoms with Crippen molar-refractivity contribution in [1.82, 2.24) is 0 Å². The van der Waals surface area contributed by atoms with Gasteiger partial charge in [-0.05, 0) is 41.1 Å². The standard InChI is InChI=1S/C13H15IN/c1-3-6-13-11(14)9-10-7-4-5-8-12(10)15(13)2/h4-5,7-9H,3,6H2,1-2H3/q+1. The lowest BCUT2D eigenvalue weighted by Crippen LogP contribution is -2.35. The third-order valence-corrected chi connectivity index (χ3v) is 3.68. The Morgan fingerprint density at radius 1 is 1.27 bits per heavy atom. The van der Waals surface area contributed by atoms with Crippen LogP contribution in [0.1, 0.15) is 19.0 Å². The summed E-state index contributed by atoms with van der Waals surface area (Å²) in [5.74, 6) is 0. The van der Waals surface area contributed by atoms with Crippen molar-refractivity contribution in [3.63, 3.8) is 0 Å². The number of rotatable bonds is 2. The third kappa shape index (κ3) is 2.00. The van der Waals surface area contributed by atoms with Crippen LogP contribution in [0.3, 0.4) is 0 Å². The van der Waals surface area contributed by atoms with Crippen molar-refractivity contribution < 1.29 is 4.57 Å². The van der Waals surface area contributed by atoms with E-state index in [1.54, 1.807) is 0 Å².